The van der Waals surface area contributed by atoms with Crippen molar-refractivity contribution in [2.45, 2.75) is 12.8 Å². The molecule has 1 fully saturated rings. The third-order valence-electron chi connectivity index (χ3n) is 2.92. The number of urea groups is 1. The average molecular weight is 288 g/mol. The van der Waals surface area contributed by atoms with Gasteiger partial charge in [0.05, 0.1) is 10.0 Å². The first-order chi connectivity index (χ1) is 8.58. The molecular formula is C12H15Cl2N3O. The van der Waals surface area contributed by atoms with Gasteiger partial charge in [0.15, 0.2) is 0 Å². The SMILES string of the molecule is CN1CCCCN1C(=O)Nc1ccc(Cl)c(Cl)c1. The molecule has 4 nitrogen and oxygen atoms in total. The highest BCUT2D eigenvalue weighted by Crippen LogP contribution is 2.25. The number of benzene rings is 1. The molecule has 0 saturated carbocycles. The first-order valence-electron chi connectivity index (χ1n) is 5.82. The van der Waals surface area contributed by atoms with Crippen molar-refractivity contribution < 1.29 is 4.79 Å². The molecule has 1 aliphatic rings. The van der Waals surface area contributed by atoms with Gasteiger partial charge in [0.1, 0.15) is 0 Å². The second-order valence-electron chi connectivity index (χ2n) is 4.27. The Balaban J connectivity index is 2.04. The van der Waals surface area contributed by atoms with Gasteiger partial charge in [-0.25, -0.2) is 9.80 Å². The summed E-state index contributed by atoms with van der Waals surface area (Å²) in [6.07, 6.45) is 2.15. The summed E-state index contributed by atoms with van der Waals surface area (Å²) in [7, 11) is 1.91. The third-order valence-corrected chi connectivity index (χ3v) is 3.66. The smallest absolute Gasteiger partial charge is 0.307 e. The van der Waals surface area contributed by atoms with Gasteiger partial charge in [0.25, 0.3) is 0 Å². The van der Waals surface area contributed by atoms with Crippen LogP contribution >= 0.6 is 23.2 Å². The van der Waals surface area contributed by atoms with Gasteiger partial charge in [-0.3, -0.25) is 5.01 Å². The van der Waals surface area contributed by atoms with Gasteiger partial charge >= 0.3 is 6.03 Å². The van der Waals surface area contributed by atoms with Crippen LogP contribution < -0.4 is 5.32 Å². The van der Waals surface area contributed by atoms with Crippen LogP contribution in [0, 0.1) is 0 Å². The molecule has 98 valence electrons. The molecule has 1 aromatic rings. The molecule has 1 aromatic carbocycles. The van der Waals surface area contributed by atoms with Gasteiger partial charge in [-0.2, -0.15) is 0 Å². The van der Waals surface area contributed by atoms with Crippen molar-refractivity contribution in [2.75, 3.05) is 25.5 Å². The highest BCUT2D eigenvalue weighted by Gasteiger charge is 2.21. The van der Waals surface area contributed by atoms with Crippen LogP contribution in [0.1, 0.15) is 12.8 Å². The summed E-state index contributed by atoms with van der Waals surface area (Å²) in [5, 5.41) is 7.35. The Morgan fingerprint density at radius 2 is 1.94 bits per heavy atom. The topological polar surface area (TPSA) is 35.6 Å². The molecule has 2 rings (SSSR count). The van der Waals surface area contributed by atoms with Crippen LogP contribution in [0.15, 0.2) is 18.2 Å². The summed E-state index contributed by atoms with van der Waals surface area (Å²) in [4.78, 5) is 12.1. The lowest BCUT2D eigenvalue weighted by Gasteiger charge is -2.35. The number of anilines is 1. The molecule has 18 heavy (non-hydrogen) atoms. The van der Waals surface area contributed by atoms with Crippen LogP contribution in [0.25, 0.3) is 0 Å². The Labute approximate surface area is 116 Å². The Morgan fingerprint density at radius 3 is 2.61 bits per heavy atom. The predicted molar refractivity (Wildman–Crippen MR) is 74.1 cm³/mol. The standard InChI is InChI=1S/C12H15Cl2N3O/c1-16-6-2-3-7-17(16)12(18)15-9-4-5-10(13)11(14)8-9/h4-5,8H,2-3,6-7H2,1H3,(H,15,18). The van der Waals surface area contributed by atoms with Crippen molar-refractivity contribution in [1.29, 1.82) is 0 Å². The molecule has 0 aromatic heterocycles. The molecule has 0 atom stereocenters. The van der Waals surface area contributed by atoms with Crippen molar-refractivity contribution in [3.63, 3.8) is 0 Å². The van der Waals surface area contributed by atoms with E-state index in [4.69, 9.17) is 23.2 Å². The number of halogens is 2. The predicted octanol–water partition coefficient (Wildman–Crippen LogP) is 3.47. The molecule has 6 heteroatoms. The summed E-state index contributed by atoms with van der Waals surface area (Å²) >= 11 is 11.7. The zero-order valence-corrected chi connectivity index (χ0v) is 11.6. The van der Waals surface area contributed by atoms with Crippen molar-refractivity contribution in [3.05, 3.63) is 28.2 Å². The zero-order valence-electron chi connectivity index (χ0n) is 10.1. The summed E-state index contributed by atoms with van der Waals surface area (Å²) < 4.78 is 0. The molecule has 2 amide bonds. The van der Waals surface area contributed by atoms with E-state index in [9.17, 15) is 4.79 Å². The average Bonchev–Trinajstić information content (AvgIpc) is 2.34. The Bertz CT molecular complexity index is 453. The maximum atomic E-state index is 12.1. The van der Waals surface area contributed by atoms with Crippen molar-refractivity contribution >= 4 is 34.9 Å². The Hall–Kier alpha value is -0.970. The molecule has 0 spiro atoms. The summed E-state index contributed by atoms with van der Waals surface area (Å²) in [5.41, 5.74) is 0.647. The van der Waals surface area contributed by atoms with E-state index in [1.54, 1.807) is 23.2 Å². The molecule has 1 saturated heterocycles. The Kier molecular flexibility index (Phi) is 4.32. The third kappa shape index (κ3) is 3.07. The zero-order chi connectivity index (χ0) is 13.1. The number of nitrogens with one attached hydrogen (secondary N) is 1. The van der Waals surface area contributed by atoms with E-state index in [0.717, 1.165) is 25.9 Å². The van der Waals surface area contributed by atoms with E-state index in [0.29, 0.717) is 15.7 Å². The molecule has 1 aliphatic heterocycles. The van der Waals surface area contributed by atoms with Gasteiger partial charge in [0.2, 0.25) is 0 Å². The number of hydrazine groups is 1. The number of rotatable bonds is 1. The minimum Gasteiger partial charge on any atom is -0.307 e. The normalized spacial score (nSPS) is 16.7. The summed E-state index contributed by atoms with van der Waals surface area (Å²) in [6.45, 7) is 1.64. The largest absolute Gasteiger partial charge is 0.336 e. The summed E-state index contributed by atoms with van der Waals surface area (Å²) in [6, 6.07) is 4.90. The molecule has 0 bridgehead atoms. The highest BCUT2D eigenvalue weighted by molar-refractivity contribution is 6.42. The first kappa shape index (κ1) is 13.5. The maximum absolute atomic E-state index is 12.1. The monoisotopic (exact) mass is 287 g/mol. The highest BCUT2D eigenvalue weighted by atomic mass is 35.5. The number of hydrogen-bond donors (Lipinski definition) is 1. The van der Waals surface area contributed by atoms with E-state index >= 15 is 0 Å². The van der Waals surface area contributed by atoms with Crippen LogP contribution in [0.2, 0.25) is 10.0 Å². The second-order valence-corrected chi connectivity index (χ2v) is 5.08. The van der Waals surface area contributed by atoms with Crippen molar-refractivity contribution in [1.82, 2.24) is 10.0 Å². The molecule has 0 radical (unpaired) electrons. The molecular weight excluding hydrogens is 273 g/mol. The summed E-state index contributed by atoms with van der Waals surface area (Å²) in [5.74, 6) is 0. The van der Waals surface area contributed by atoms with Gasteiger partial charge < -0.3 is 5.32 Å². The number of carbonyl (C=O) groups excluding carboxylic acids is 1. The lowest BCUT2D eigenvalue weighted by Crippen LogP contribution is -2.49. The van der Waals surface area contributed by atoms with Crippen LogP contribution in [0.3, 0.4) is 0 Å². The molecule has 1 N–H and O–H groups in total. The lowest BCUT2D eigenvalue weighted by molar-refractivity contribution is 0.0191. The van der Waals surface area contributed by atoms with Gasteiger partial charge in [-0.05, 0) is 31.0 Å². The van der Waals surface area contributed by atoms with Crippen molar-refractivity contribution in [3.8, 4) is 0 Å². The van der Waals surface area contributed by atoms with E-state index in [-0.39, 0.29) is 6.03 Å². The fraction of sp³-hybridized carbons (Fsp3) is 0.417. The van der Waals surface area contributed by atoms with Crippen LogP contribution in [0.5, 0.6) is 0 Å². The van der Waals surface area contributed by atoms with E-state index in [2.05, 4.69) is 5.32 Å². The van der Waals surface area contributed by atoms with Gasteiger partial charge in [-0.1, -0.05) is 23.2 Å². The Morgan fingerprint density at radius 1 is 1.22 bits per heavy atom. The van der Waals surface area contributed by atoms with E-state index in [1.807, 2.05) is 12.1 Å². The quantitative estimate of drug-likeness (QED) is 0.859. The molecule has 0 unspecified atom stereocenters. The number of amides is 2. The second kappa shape index (κ2) is 5.78. The van der Waals surface area contributed by atoms with Gasteiger partial charge in [-0.15, -0.1) is 0 Å². The first-order valence-corrected chi connectivity index (χ1v) is 6.58. The number of hydrogen-bond acceptors (Lipinski definition) is 2. The number of carbonyl (C=O) groups is 1. The lowest BCUT2D eigenvalue weighted by atomic mass is 10.2. The minimum absolute atomic E-state index is 0.143. The van der Waals surface area contributed by atoms with Crippen LogP contribution in [-0.2, 0) is 0 Å². The molecule has 1 heterocycles. The van der Waals surface area contributed by atoms with Gasteiger partial charge in [0, 0.05) is 25.8 Å². The van der Waals surface area contributed by atoms with E-state index in [1.165, 1.54) is 0 Å². The van der Waals surface area contributed by atoms with Crippen molar-refractivity contribution in [2.24, 2.45) is 0 Å². The number of nitrogens with zero attached hydrogens (tertiary/aromatic N) is 2. The fourth-order valence-electron chi connectivity index (χ4n) is 1.91. The fourth-order valence-corrected chi connectivity index (χ4v) is 2.21. The molecule has 0 aliphatic carbocycles. The van der Waals surface area contributed by atoms with E-state index < -0.39 is 0 Å². The minimum atomic E-state index is -0.143. The van der Waals surface area contributed by atoms with Crippen LogP contribution in [-0.4, -0.2) is 36.2 Å². The maximum Gasteiger partial charge on any atom is 0.336 e. The van der Waals surface area contributed by atoms with Crippen LogP contribution in [0.4, 0.5) is 10.5 Å².